The van der Waals surface area contributed by atoms with Gasteiger partial charge in [0, 0.05) is 22.4 Å². The molecule has 3 atom stereocenters. The predicted octanol–water partition coefficient (Wildman–Crippen LogP) is 4.33. The van der Waals surface area contributed by atoms with Crippen molar-refractivity contribution in [1.29, 1.82) is 0 Å². The third kappa shape index (κ3) is 3.12. The number of aliphatic hydroxyl groups excluding tert-OH is 1. The van der Waals surface area contributed by atoms with E-state index in [1.807, 2.05) is 23.9 Å². The van der Waals surface area contributed by atoms with Gasteiger partial charge in [-0.05, 0) is 54.7 Å². The van der Waals surface area contributed by atoms with Crippen LogP contribution in [-0.4, -0.2) is 28.8 Å². The Morgan fingerprint density at radius 1 is 1.30 bits per heavy atom. The fourth-order valence-corrected chi connectivity index (χ4v) is 5.14. The minimum absolute atomic E-state index is 0.0169. The van der Waals surface area contributed by atoms with E-state index in [9.17, 15) is 5.11 Å². The number of thioether (sulfide) groups is 1. The van der Waals surface area contributed by atoms with Crippen molar-refractivity contribution < 1.29 is 9.84 Å². The Balaban J connectivity index is 1.77. The molecule has 2 saturated heterocycles. The fourth-order valence-electron chi connectivity index (χ4n) is 3.22. The summed E-state index contributed by atoms with van der Waals surface area (Å²) in [6.45, 7) is 0.733. The molecule has 2 nitrogen and oxygen atoms in total. The highest BCUT2D eigenvalue weighted by molar-refractivity contribution is 7.99. The lowest BCUT2D eigenvalue weighted by Gasteiger charge is -2.39. The van der Waals surface area contributed by atoms with Crippen molar-refractivity contribution in [3.8, 4) is 0 Å². The van der Waals surface area contributed by atoms with Gasteiger partial charge in [0.1, 0.15) is 0 Å². The van der Waals surface area contributed by atoms with Gasteiger partial charge in [-0.15, -0.1) is 0 Å². The third-order valence-electron chi connectivity index (χ3n) is 4.27. The summed E-state index contributed by atoms with van der Waals surface area (Å²) in [6, 6.07) is 5.31. The van der Waals surface area contributed by atoms with E-state index in [-0.39, 0.29) is 11.5 Å². The van der Waals surface area contributed by atoms with Crippen LogP contribution in [0.5, 0.6) is 0 Å². The third-order valence-corrected chi connectivity index (χ3v) is 5.93. The quantitative estimate of drug-likeness (QED) is 0.874. The van der Waals surface area contributed by atoms with Crippen molar-refractivity contribution in [2.45, 2.75) is 31.0 Å². The van der Waals surface area contributed by atoms with E-state index in [0.29, 0.717) is 10.0 Å². The molecule has 1 N–H and O–H groups in total. The first-order chi connectivity index (χ1) is 9.58. The average molecular weight is 333 g/mol. The molecule has 110 valence electrons. The number of hydrogen-bond donors (Lipinski definition) is 1. The van der Waals surface area contributed by atoms with Gasteiger partial charge in [0.2, 0.25) is 0 Å². The summed E-state index contributed by atoms with van der Waals surface area (Å²) in [4.78, 5) is 0. The highest BCUT2D eigenvalue weighted by Gasteiger charge is 2.42. The second-order valence-corrected chi connectivity index (χ2v) is 7.71. The summed E-state index contributed by atoms with van der Waals surface area (Å²) in [7, 11) is 0. The summed E-state index contributed by atoms with van der Waals surface area (Å²) < 4.78 is 6.01. The molecular formula is C15H18Cl2O2S. The summed E-state index contributed by atoms with van der Waals surface area (Å²) in [5, 5.41) is 11.8. The summed E-state index contributed by atoms with van der Waals surface area (Å²) in [6.07, 6.45) is 2.39. The highest BCUT2D eigenvalue weighted by Crippen LogP contribution is 2.44. The zero-order valence-electron chi connectivity index (χ0n) is 11.1. The van der Waals surface area contributed by atoms with Gasteiger partial charge in [0.05, 0.1) is 11.7 Å². The van der Waals surface area contributed by atoms with Crippen LogP contribution in [0.1, 0.15) is 30.9 Å². The monoisotopic (exact) mass is 332 g/mol. The van der Waals surface area contributed by atoms with Crippen LogP contribution in [0.3, 0.4) is 0 Å². The van der Waals surface area contributed by atoms with E-state index in [1.165, 1.54) is 0 Å². The molecule has 0 amide bonds. The van der Waals surface area contributed by atoms with Gasteiger partial charge in [0.15, 0.2) is 0 Å². The molecule has 1 spiro atoms. The Bertz CT molecular complexity index is 469. The zero-order chi connectivity index (χ0) is 14.2. The zero-order valence-corrected chi connectivity index (χ0v) is 13.5. The number of halogens is 2. The topological polar surface area (TPSA) is 29.5 Å². The minimum Gasteiger partial charge on any atom is -0.388 e. The maximum absolute atomic E-state index is 10.7. The van der Waals surface area contributed by atoms with Crippen LogP contribution >= 0.6 is 35.0 Å². The predicted molar refractivity (Wildman–Crippen MR) is 84.8 cm³/mol. The molecule has 2 aliphatic heterocycles. The molecule has 0 aromatic heterocycles. The van der Waals surface area contributed by atoms with E-state index in [2.05, 4.69) is 0 Å². The van der Waals surface area contributed by atoms with E-state index in [1.54, 1.807) is 6.07 Å². The van der Waals surface area contributed by atoms with Crippen molar-refractivity contribution in [2.24, 2.45) is 5.92 Å². The Kier molecular flexibility index (Phi) is 4.54. The van der Waals surface area contributed by atoms with Crippen LogP contribution in [-0.2, 0) is 4.74 Å². The SMILES string of the molecule is OC(c1cc(Cl)cc(Cl)c1)C1CCOC2(CCSC2)C1. The highest BCUT2D eigenvalue weighted by atomic mass is 35.5. The van der Waals surface area contributed by atoms with Gasteiger partial charge in [-0.1, -0.05) is 23.2 Å². The van der Waals surface area contributed by atoms with Gasteiger partial charge >= 0.3 is 0 Å². The standard InChI is InChI=1S/C15H18Cl2O2S/c16-12-5-11(6-13(17)7-12)14(18)10-1-3-19-15(8-10)2-4-20-9-15/h5-7,10,14,18H,1-4,8-9H2. The molecule has 5 heteroatoms. The Labute approximate surface area is 133 Å². The van der Waals surface area contributed by atoms with Crippen molar-refractivity contribution in [2.75, 3.05) is 18.1 Å². The first-order valence-electron chi connectivity index (χ1n) is 6.94. The molecule has 2 fully saturated rings. The summed E-state index contributed by atoms with van der Waals surface area (Å²) in [5.74, 6) is 2.43. The van der Waals surface area contributed by atoms with Gasteiger partial charge in [-0.25, -0.2) is 0 Å². The second-order valence-electron chi connectivity index (χ2n) is 5.73. The Morgan fingerprint density at radius 3 is 2.70 bits per heavy atom. The number of rotatable bonds is 2. The molecule has 1 aromatic carbocycles. The molecule has 1 aromatic rings. The lowest BCUT2D eigenvalue weighted by molar-refractivity contribution is -0.102. The summed E-state index contributed by atoms with van der Waals surface area (Å²) >= 11 is 14.0. The van der Waals surface area contributed by atoms with Crippen LogP contribution in [0.4, 0.5) is 0 Å². The number of ether oxygens (including phenoxy) is 1. The Hall–Kier alpha value is 0.0700. The van der Waals surface area contributed by atoms with Crippen molar-refractivity contribution in [1.82, 2.24) is 0 Å². The van der Waals surface area contributed by atoms with Crippen LogP contribution in [0.15, 0.2) is 18.2 Å². The van der Waals surface area contributed by atoms with Crippen LogP contribution < -0.4 is 0 Å². The number of benzene rings is 1. The first-order valence-corrected chi connectivity index (χ1v) is 8.85. The molecule has 2 aliphatic rings. The largest absolute Gasteiger partial charge is 0.388 e. The maximum atomic E-state index is 10.7. The maximum Gasteiger partial charge on any atom is 0.0821 e. The fraction of sp³-hybridized carbons (Fsp3) is 0.600. The van der Waals surface area contributed by atoms with Crippen LogP contribution in [0.2, 0.25) is 10.0 Å². The van der Waals surface area contributed by atoms with E-state index in [0.717, 1.165) is 42.9 Å². The molecule has 0 aliphatic carbocycles. The number of aliphatic hydroxyl groups is 1. The van der Waals surface area contributed by atoms with E-state index in [4.69, 9.17) is 27.9 Å². The molecule has 2 heterocycles. The van der Waals surface area contributed by atoms with E-state index >= 15 is 0 Å². The van der Waals surface area contributed by atoms with Crippen molar-refractivity contribution in [3.05, 3.63) is 33.8 Å². The van der Waals surface area contributed by atoms with Crippen LogP contribution in [0, 0.1) is 5.92 Å². The summed E-state index contributed by atoms with van der Waals surface area (Å²) in [5.41, 5.74) is 0.798. The molecule has 3 unspecified atom stereocenters. The molecule has 20 heavy (non-hydrogen) atoms. The molecule has 0 saturated carbocycles. The molecule has 0 bridgehead atoms. The van der Waals surface area contributed by atoms with Gasteiger partial charge in [-0.2, -0.15) is 11.8 Å². The normalized spacial score (nSPS) is 31.6. The van der Waals surface area contributed by atoms with Crippen LogP contribution in [0.25, 0.3) is 0 Å². The van der Waals surface area contributed by atoms with Gasteiger partial charge in [-0.3, -0.25) is 0 Å². The molecule has 3 rings (SSSR count). The van der Waals surface area contributed by atoms with E-state index < -0.39 is 6.10 Å². The molecule has 0 radical (unpaired) electrons. The minimum atomic E-state index is -0.516. The lowest BCUT2D eigenvalue weighted by Crippen LogP contribution is -2.41. The average Bonchev–Trinajstić information content (AvgIpc) is 2.85. The second kappa shape index (κ2) is 6.05. The Morgan fingerprint density at radius 2 is 2.05 bits per heavy atom. The van der Waals surface area contributed by atoms with Gasteiger partial charge < -0.3 is 9.84 Å². The first kappa shape index (κ1) is 15.0. The van der Waals surface area contributed by atoms with Crippen molar-refractivity contribution >= 4 is 35.0 Å². The molecular weight excluding hydrogens is 315 g/mol. The number of hydrogen-bond acceptors (Lipinski definition) is 3. The van der Waals surface area contributed by atoms with Crippen molar-refractivity contribution in [3.63, 3.8) is 0 Å². The smallest absolute Gasteiger partial charge is 0.0821 e. The lowest BCUT2D eigenvalue weighted by atomic mass is 9.80. The van der Waals surface area contributed by atoms with Gasteiger partial charge in [0.25, 0.3) is 0 Å².